The highest BCUT2D eigenvalue weighted by atomic mass is 16.6. The van der Waals surface area contributed by atoms with Crippen LogP contribution in [0.15, 0.2) is 36.5 Å². The Hall–Kier alpha value is -2.96. The topological polar surface area (TPSA) is 66.8 Å². The Bertz CT molecular complexity index is 983. The molecule has 0 radical (unpaired) electrons. The molecule has 4 rings (SSSR count). The molecule has 0 saturated carbocycles. The first kappa shape index (κ1) is 22.2. The van der Waals surface area contributed by atoms with Crippen molar-refractivity contribution in [1.82, 2.24) is 9.47 Å². The van der Waals surface area contributed by atoms with E-state index in [1.807, 2.05) is 49.7 Å². The molecule has 2 aromatic rings. The summed E-state index contributed by atoms with van der Waals surface area (Å²) in [5.41, 5.74) is 3.53. The zero-order chi connectivity index (χ0) is 22.9. The third-order valence-corrected chi connectivity index (χ3v) is 6.24. The van der Waals surface area contributed by atoms with Crippen molar-refractivity contribution in [2.75, 3.05) is 36.4 Å². The number of anilines is 2. The summed E-state index contributed by atoms with van der Waals surface area (Å²) in [4.78, 5) is 29.5. The van der Waals surface area contributed by atoms with Crippen LogP contribution in [0.5, 0.6) is 0 Å². The van der Waals surface area contributed by atoms with Crippen LogP contribution < -0.4 is 10.2 Å². The molecule has 3 heterocycles. The number of likely N-dealkylation sites (N-methyl/N-ethyl adjacent to an activating group) is 1. The van der Waals surface area contributed by atoms with Gasteiger partial charge in [-0.15, -0.1) is 0 Å². The third kappa shape index (κ3) is 4.76. The molecule has 2 aliphatic rings. The fourth-order valence-corrected chi connectivity index (χ4v) is 4.60. The molecular weight excluding hydrogens is 404 g/mol. The number of likely N-dealkylation sites (tertiary alicyclic amines) is 1. The number of hydrogen-bond acceptors (Lipinski definition) is 4. The second-order valence-electron chi connectivity index (χ2n) is 9.63. The normalized spacial score (nSPS) is 16.8. The van der Waals surface area contributed by atoms with Crippen LogP contribution in [-0.2, 0) is 11.2 Å². The molecule has 0 aliphatic carbocycles. The minimum Gasteiger partial charge on any atom is -0.444 e. The Kier molecular flexibility index (Phi) is 6.17. The lowest BCUT2D eigenvalue weighted by Crippen LogP contribution is -2.42. The van der Waals surface area contributed by atoms with Crippen LogP contribution in [-0.4, -0.2) is 53.2 Å². The number of amides is 2. The summed E-state index contributed by atoms with van der Waals surface area (Å²) < 4.78 is 7.54. The molecule has 0 spiro atoms. The highest BCUT2D eigenvalue weighted by molar-refractivity contribution is 6.03. The Morgan fingerprint density at radius 2 is 1.88 bits per heavy atom. The predicted molar refractivity (Wildman–Crippen MR) is 126 cm³/mol. The smallest absolute Gasteiger partial charge is 0.410 e. The van der Waals surface area contributed by atoms with Gasteiger partial charge in [-0.05, 0) is 76.8 Å². The largest absolute Gasteiger partial charge is 0.444 e. The van der Waals surface area contributed by atoms with Crippen molar-refractivity contribution in [3.63, 3.8) is 0 Å². The van der Waals surface area contributed by atoms with Crippen LogP contribution in [0.1, 0.15) is 62.6 Å². The van der Waals surface area contributed by atoms with E-state index in [0.29, 0.717) is 18.8 Å². The average Bonchev–Trinajstić information content (AvgIpc) is 3.39. The number of carbonyl (C=O) groups excluding carboxylic acids is 2. The van der Waals surface area contributed by atoms with Gasteiger partial charge in [0.05, 0.1) is 0 Å². The Labute approximate surface area is 190 Å². The lowest BCUT2D eigenvalue weighted by Gasteiger charge is -2.34. The molecule has 1 fully saturated rings. The van der Waals surface area contributed by atoms with E-state index in [1.54, 1.807) is 4.90 Å². The van der Waals surface area contributed by atoms with Gasteiger partial charge < -0.3 is 24.4 Å². The number of carbonyl (C=O) groups is 2. The van der Waals surface area contributed by atoms with E-state index < -0.39 is 5.60 Å². The van der Waals surface area contributed by atoms with E-state index in [1.165, 1.54) is 11.3 Å². The fraction of sp³-hybridized carbons (Fsp3) is 0.520. The van der Waals surface area contributed by atoms with Gasteiger partial charge in [-0.3, -0.25) is 4.79 Å². The van der Waals surface area contributed by atoms with Crippen molar-refractivity contribution in [2.24, 2.45) is 0 Å². The molecule has 1 aromatic carbocycles. The second kappa shape index (κ2) is 8.88. The zero-order valence-electron chi connectivity index (χ0n) is 19.6. The van der Waals surface area contributed by atoms with Gasteiger partial charge in [-0.1, -0.05) is 6.07 Å². The number of ether oxygens (including phenoxy) is 1. The summed E-state index contributed by atoms with van der Waals surface area (Å²) in [5, 5.41) is 3.08. The molecule has 172 valence electrons. The monoisotopic (exact) mass is 438 g/mol. The molecule has 0 bridgehead atoms. The molecule has 0 unspecified atom stereocenters. The maximum atomic E-state index is 13.1. The van der Waals surface area contributed by atoms with Gasteiger partial charge in [-0.2, -0.15) is 0 Å². The highest BCUT2D eigenvalue weighted by Crippen LogP contribution is 2.31. The lowest BCUT2D eigenvalue weighted by atomic mass is 10.0. The zero-order valence-corrected chi connectivity index (χ0v) is 19.6. The molecule has 1 aromatic heterocycles. The molecule has 7 heteroatoms. The summed E-state index contributed by atoms with van der Waals surface area (Å²) in [6.07, 6.45) is 4.34. The first-order chi connectivity index (χ1) is 15.2. The number of hydrogen-bond donors (Lipinski definition) is 1. The minimum atomic E-state index is -0.495. The van der Waals surface area contributed by atoms with E-state index in [-0.39, 0.29) is 18.0 Å². The Morgan fingerprint density at radius 1 is 1.12 bits per heavy atom. The van der Waals surface area contributed by atoms with Gasteiger partial charge in [0.25, 0.3) is 5.91 Å². The van der Waals surface area contributed by atoms with Gasteiger partial charge in [0.15, 0.2) is 0 Å². The van der Waals surface area contributed by atoms with Crippen LogP contribution in [0, 0.1) is 0 Å². The highest BCUT2D eigenvalue weighted by Gasteiger charge is 2.29. The number of nitrogens with one attached hydrogen (secondary N) is 1. The fourth-order valence-electron chi connectivity index (χ4n) is 4.60. The Balaban J connectivity index is 1.40. The average molecular weight is 439 g/mol. The lowest BCUT2D eigenvalue weighted by molar-refractivity contribution is 0.0187. The molecule has 2 aliphatic heterocycles. The summed E-state index contributed by atoms with van der Waals surface area (Å²) in [6.45, 7) is 11.0. The quantitative estimate of drug-likeness (QED) is 0.752. The van der Waals surface area contributed by atoms with E-state index in [4.69, 9.17) is 4.74 Å². The number of aromatic nitrogens is 1. The number of rotatable bonds is 4. The van der Waals surface area contributed by atoms with Crippen molar-refractivity contribution < 1.29 is 14.3 Å². The van der Waals surface area contributed by atoms with Gasteiger partial charge in [0.2, 0.25) is 0 Å². The first-order valence-electron chi connectivity index (χ1n) is 11.6. The van der Waals surface area contributed by atoms with Crippen LogP contribution in [0.3, 0.4) is 0 Å². The molecule has 0 atom stereocenters. The molecule has 2 amide bonds. The van der Waals surface area contributed by atoms with Crippen LogP contribution in [0.4, 0.5) is 16.2 Å². The number of piperidine rings is 1. The van der Waals surface area contributed by atoms with Gasteiger partial charge in [-0.25, -0.2) is 4.79 Å². The molecular formula is C25H34N4O3. The van der Waals surface area contributed by atoms with E-state index in [9.17, 15) is 9.59 Å². The number of fused-ring (bicyclic) bond motifs is 1. The predicted octanol–water partition coefficient (Wildman–Crippen LogP) is 4.69. The minimum absolute atomic E-state index is 0.106. The summed E-state index contributed by atoms with van der Waals surface area (Å²) in [6, 6.07) is 10.1. The van der Waals surface area contributed by atoms with Crippen LogP contribution in [0.2, 0.25) is 0 Å². The van der Waals surface area contributed by atoms with Gasteiger partial charge >= 0.3 is 6.09 Å². The van der Waals surface area contributed by atoms with Crippen LogP contribution in [0.25, 0.3) is 0 Å². The molecule has 7 nitrogen and oxygen atoms in total. The maximum absolute atomic E-state index is 13.1. The number of nitrogens with zero attached hydrogens (tertiary/aromatic N) is 3. The first-order valence-corrected chi connectivity index (χ1v) is 11.6. The van der Waals surface area contributed by atoms with E-state index in [2.05, 4.69) is 29.3 Å². The number of benzene rings is 1. The van der Waals surface area contributed by atoms with Crippen molar-refractivity contribution in [2.45, 2.75) is 58.6 Å². The maximum Gasteiger partial charge on any atom is 0.410 e. The van der Waals surface area contributed by atoms with Crippen molar-refractivity contribution in [3.8, 4) is 0 Å². The SMILES string of the molecule is CCN1CCc2ccc(NC(=O)c3cccn3C3CCN(C(=O)OC(C)(C)C)CC3)cc21. The van der Waals surface area contributed by atoms with Crippen molar-refractivity contribution in [3.05, 3.63) is 47.8 Å². The summed E-state index contributed by atoms with van der Waals surface area (Å²) in [7, 11) is 0. The summed E-state index contributed by atoms with van der Waals surface area (Å²) >= 11 is 0. The molecule has 32 heavy (non-hydrogen) atoms. The van der Waals surface area contributed by atoms with E-state index in [0.717, 1.165) is 38.0 Å². The van der Waals surface area contributed by atoms with Gasteiger partial charge in [0, 0.05) is 49.8 Å². The standard InChI is InChI=1S/C25H34N4O3/c1-5-27-14-10-18-8-9-19(17-22(18)27)26-23(30)21-7-6-13-29(21)20-11-15-28(16-12-20)24(31)32-25(2,3)4/h6-9,13,17,20H,5,10-12,14-16H2,1-4H3,(H,26,30). The third-order valence-electron chi connectivity index (χ3n) is 6.24. The summed E-state index contributed by atoms with van der Waals surface area (Å²) in [5.74, 6) is -0.106. The molecule has 1 saturated heterocycles. The van der Waals surface area contributed by atoms with Gasteiger partial charge in [0.1, 0.15) is 11.3 Å². The second-order valence-corrected chi connectivity index (χ2v) is 9.63. The van der Waals surface area contributed by atoms with Crippen molar-refractivity contribution >= 4 is 23.4 Å². The van der Waals surface area contributed by atoms with Crippen LogP contribution >= 0.6 is 0 Å². The van der Waals surface area contributed by atoms with E-state index >= 15 is 0 Å². The van der Waals surface area contributed by atoms with Crippen molar-refractivity contribution in [1.29, 1.82) is 0 Å². The molecule has 1 N–H and O–H groups in total. The Morgan fingerprint density at radius 3 is 2.56 bits per heavy atom.